The van der Waals surface area contributed by atoms with Crippen LogP contribution in [0.25, 0.3) is 10.2 Å². The Morgan fingerprint density at radius 3 is 3.05 bits per heavy atom. The molecule has 0 saturated carbocycles. The van der Waals surface area contributed by atoms with E-state index in [4.69, 9.17) is 10.2 Å². The van der Waals surface area contributed by atoms with Crippen molar-refractivity contribution in [3.8, 4) is 0 Å². The van der Waals surface area contributed by atoms with Crippen molar-refractivity contribution in [2.75, 3.05) is 5.75 Å². The summed E-state index contributed by atoms with van der Waals surface area (Å²) < 4.78 is 7.37. The van der Waals surface area contributed by atoms with E-state index in [1.807, 2.05) is 5.38 Å². The summed E-state index contributed by atoms with van der Waals surface area (Å²) in [6, 6.07) is 5.33. The van der Waals surface area contributed by atoms with Crippen LogP contribution in [-0.2, 0) is 11.3 Å². The van der Waals surface area contributed by atoms with E-state index in [0.29, 0.717) is 21.1 Å². The minimum Gasteiger partial charge on any atom is -0.467 e. The lowest BCUT2D eigenvalue weighted by atomic mass is 10.4. The number of carbonyl (C=O) groups excluding carboxylic acids is 1. The molecule has 0 radical (unpaired) electrons. The Morgan fingerprint density at radius 1 is 1.48 bits per heavy atom. The summed E-state index contributed by atoms with van der Waals surface area (Å²) in [5, 5.41) is 2.28. The van der Waals surface area contributed by atoms with Crippen LogP contribution in [-0.4, -0.2) is 21.2 Å². The summed E-state index contributed by atoms with van der Waals surface area (Å²) in [6.45, 7) is 0.272. The monoisotopic (exact) mass is 321 g/mol. The van der Waals surface area contributed by atoms with Gasteiger partial charge < -0.3 is 10.2 Å². The molecule has 2 N–H and O–H groups in total. The minimum absolute atomic E-state index is 0.0697. The fourth-order valence-corrected chi connectivity index (χ4v) is 3.38. The van der Waals surface area contributed by atoms with Gasteiger partial charge in [0.2, 0.25) is 5.91 Å². The summed E-state index contributed by atoms with van der Waals surface area (Å²) in [4.78, 5) is 27.9. The number of hydrogen-bond donors (Lipinski definition) is 1. The Labute approximate surface area is 127 Å². The highest BCUT2D eigenvalue weighted by atomic mass is 32.2. The summed E-state index contributed by atoms with van der Waals surface area (Å²) in [5.41, 5.74) is 5.66. The largest absolute Gasteiger partial charge is 0.467 e. The zero-order chi connectivity index (χ0) is 14.8. The van der Waals surface area contributed by atoms with Crippen LogP contribution in [0.1, 0.15) is 5.76 Å². The fourth-order valence-electron chi connectivity index (χ4n) is 1.87. The van der Waals surface area contributed by atoms with Crippen molar-refractivity contribution in [3.63, 3.8) is 0 Å². The number of thioether (sulfide) groups is 1. The van der Waals surface area contributed by atoms with Crippen molar-refractivity contribution in [3.05, 3.63) is 46.0 Å². The third kappa shape index (κ3) is 2.86. The van der Waals surface area contributed by atoms with Crippen LogP contribution >= 0.6 is 23.1 Å². The van der Waals surface area contributed by atoms with Gasteiger partial charge in [-0.2, -0.15) is 0 Å². The van der Waals surface area contributed by atoms with E-state index < -0.39 is 5.91 Å². The van der Waals surface area contributed by atoms with Crippen LogP contribution in [0.3, 0.4) is 0 Å². The van der Waals surface area contributed by atoms with E-state index in [1.165, 1.54) is 15.9 Å². The Kier molecular flexibility index (Phi) is 3.80. The SMILES string of the molecule is NC(=O)CSc1nc2ccsc2c(=O)n1Cc1ccco1. The number of furan rings is 1. The van der Waals surface area contributed by atoms with Crippen LogP contribution in [0.2, 0.25) is 0 Å². The van der Waals surface area contributed by atoms with Gasteiger partial charge in [-0.15, -0.1) is 11.3 Å². The van der Waals surface area contributed by atoms with Gasteiger partial charge in [0.25, 0.3) is 5.56 Å². The van der Waals surface area contributed by atoms with E-state index >= 15 is 0 Å². The highest BCUT2D eigenvalue weighted by molar-refractivity contribution is 7.99. The van der Waals surface area contributed by atoms with Gasteiger partial charge in [-0.05, 0) is 23.6 Å². The molecule has 6 nitrogen and oxygen atoms in total. The minimum atomic E-state index is -0.454. The lowest BCUT2D eigenvalue weighted by Crippen LogP contribution is -2.24. The second-order valence-electron chi connectivity index (χ2n) is 4.25. The molecular formula is C13H11N3O3S2. The highest BCUT2D eigenvalue weighted by Gasteiger charge is 2.14. The molecule has 0 bridgehead atoms. The number of primary amides is 1. The van der Waals surface area contributed by atoms with Gasteiger partial charge in [0.1, 0.15) is 10.5 Å². The smallest absolute Gasteiger partial charge is 0.272 e. The second-order valence-corrected chi connectivity index (χ2v) is 6.11. The Morgan fingerprint density at radius 2 is 2.33 bits per heavy atom. The molecule has 3 heterocycles. The summed E-state index contributed by atoms with van der Waals surface area (Å²) >= 11 is 2.50. The summed E-state index contributed by atoms with van der Waals surface area (Å²) in [6.07, 6.45) is 1.55. The maximum atomic E-state index is 12.5. The molecule has 3 aromatic heterocycles. The maximum absolute atomic E-state index is 12.5. The lowest BCUT2D eigenvalue weighted by molar-refractivity contribution is -0.115. The predicted octanol–water partition coefficient (Wildman–Crippen LogP) is 1.68. The van der Waals surface area contributed by atoms with Crippen molar-refractivity contribution in [1.82, 2.24) is 9.55 Å². The normalized spacial score (nSPS) is 11.0. The van der Waals surface area contributed by atoms with E-state index in [0.717, 1.165) is 11.8 Å². The number of thiophene rings is 1. The molecule has 0 aliphatic heterocycles. The van der Waals surface area contributed by atoms with E-state index in [-0.39, 0.29) is 17.9 Å². The molecule has 108 valence electrons. The molecular weight excluding hydrogens is 310 g/mol. The first-order chi connectivity index (χ1) is 10.1. The fraction of sp³-hybridized carbons (Fsp3) is 0.154. The number of carbonyl (C=O) groups is 1. The quantitative estimate of drug-likeness (QED) is 0.570. The molecule has 1 amide bonds. The molecule has 21 heavy (non-hydrogen) atoms. The topological polar surface area (TPSA) is 91.1 Å². The van der Waals surface area contributed by atoms with Gasteiger partial charge in [-0.1, -0.05) is 11.8 Å². The number of rotatable bonds is 5. The molecule has 0 aliphatic rings. The molecule has 0 fully saturated rings. The predicted molar refractivity (Wildman–Crippen MR) is 81.6 cm³/mol. The van der Waals surface area contributed by atoms with Crippen molar-refractivity contribution in [2.45, 2.75) is 11.7 Å². The molecule has 0 aliphatic carbocycles. The van der Waals surface area contributed by atoms with Gasteiger partial charge in [-0.3, -0.25) is 14.2 Å². The zero-order valence-corrected chi connectivity index (χ0v) is 12.4. The first-order valence-corrected chi connectivity index (χ1v) is 7.93. The van der Waals surface area contributed by atoms with Crippen LogP contribution in [0.4, 0.5) is 0 Å². The van der Waals surface area contributed by atoms with Crippen molar-refractivity contribution in [1.29, 1.82) is 0 Å². The van der Waals surface area contributed by atoms with Gasteiger partial charge in [0.05, 0.1) is 24.1 Å². The van der Waals surface area contributed by atoms with E-state index in [9.17, 15) is 9.59 Å². The molecule has 3 rings (SSSR count). The molecule has 3 aromatic rings. The molecule has 0 atom stereocenters. The Balaban J connectivity index is 2.08. The molecule has 0 aromatic carbocycles. The molecule has 0 spiro atoms. The van der Waals surface area contributed by atoms with Gasteiger partial charge >= 0.3 is 0 Å². The first kappa shape index (κ1) is 13.9. The third-order valence-corrected chi connectivity index (χ3v) is 4.66. The summed E-state index contributed by atoms with van der Waals surface area (Å²) in [7, 11) is 0. The Hall–Kier alpha value is -2.06. The highest BCUT2D eigenvalue weighted by Crippen LogP contribution is 2.21. The molecule has 8 heteroatoms. The van der Waals surface area contributed by atoms with Crippen molar-refractivity contribution < 1.29 is 9.21 Å². The average Bonchev–Trinajstić information content (AvgIpc) is 3.11. The Bertz CT molecular complexity index is 836. The van der Waals surface area contributed by atoms with Crippen LogP contribution in [0.15, 0.2) is 44.2 Å². The number of amides is 1. The lowest BCUT2D eigenvalue weighted by Gasteiger charge is -2.09. The molecule has 0 saturated heterocycles. The second kappa shape index (κ2) is 5.74. The number of nitrogens with zero attached hydrogens (tertiary/aromatic N) is 2. The number of hydrogen-bond acceptors (Lipinski definition) is 6. The van der Waals surface area contributed by atoms with Gasteiger partial charge in [0.15, 0.2) is 5.16 Å². The van der Waals surface area contributed by atoms with Crippen molar-refractivity contribution in [2.24, 2.45) is 5.73 Å². The number of nitrogens with two attached hydrogens (primary N) is 1. The van der Waals surface area contributed by atoms with Crippen LogP contribution in [0.5, 0.6) is 0 Å². The third-order valence-electron chi connectivity index (χ3n) is 2.77. The number of aromatic nitrogens is 2. The van der Waals surface area contributed by atoms with Gasteiger partial charge in [0, 0.05) is 0 Å². The van der Waals surface area contributed by atoms with Crippen molar-refractivity contribution >= 4 is 39.2 Å². The van der Waals surface area contributed by atoms with Gasteiger partial charge in [-0.25, -0.2) is 4.98 Å². The average molecular weight is 321 g/mol. The van der Waals surface area contributed by atoms with E-state index in [1.54, 1.807) is 24.5 Å². The summed E-state index contributed by atoms with van der Waals surface area (Å²) in [5.74, 6) is 0.264. The molecule has 0 unspecified atom stereocenters. The maximum Gasteiger partial charge on any atom is 0.272 e. The standard InChI is InChI=1S/C13H11N3O3S2/c14-10(17)7-21-13-15-9-3-5-20-11(9)12(18)16(13)6-8-2-1-4-19-8/h1-5H,6-7H2,(H2,14,17). The van der Waals surface area contributed by atoms with Crippen LogP contribution < -0.4 is 11.3 Å². The zero-order valence-electron chi connectivity index (χ0n) is 10.8. The van der Waals surface area contributed by atoms with E-state index in [2.05, 4.69) is 4.98 Å². The van der Waals surface area contributed by atoms with Crippen LogP contribution in [0, 0.1) is 0 Å². The number of fused-ring (bicyclic) bond motifs is 1. The first-order valence-electron chi connectivity index (χ1n) is 6.06.